The molecule has 0 fully saturated rings. The number of anilines is 1. The van der Waals surface area contributed by atoms with Crippen molar-refractivity contribution >= 4 is 50.7 Å². The van der Waals surface area contributed by atoms with Crippen molar-refractivity contribution in [2.24, 2.45) is 0 Å². The van der Waals surface area contributed by atoms with Gasteiger partial charge in [-0.2, -0.15) is 0 Å². The van der Waals surface area contributed by atoms with Crippen LogP contribution < -0.4 is 9.62 Å². The average molecular weight is 577 g/mol. The van der Waals surface area contributed by atoms with Crippen molar-refractivity contribution in [2.75, 3.05) is 10.8 Å². The number of hydrogen-bond donors (Lipinski definition) is 1. The summed E-state index contributed by atoms with van der Waals surface area (Å²) in [5.41, 5.74) is 0.321. The lowest BCUT2D eigenvalue weighted by Gasteiger charge is -2.33. The quantitative estimate of drug-likeness (QED) is 0.364. The zero-order valence-electron chi connectivity index (χ0n) is 21.7. The topological polar surface area (TPSA) is 86.8 Å². The SMILES string of the molecule is C[C@H](C(=O)NC(C)(C)C)N(Cc1ccccc1)C(=O)CN(c1cc(Cl)ccc1Cl)S(=O)(=O)c1ccccc1. The number of benzene rings is 3. The first-order valence-electron chi connectivity index (χ1n) is 12.0. The molecule has 3 aromatic carbocycles. The molecule has 1 atom stereocenters. The molecule has 1 N–H and O–H groups in total. The molecular weight excluding hydrogens is 545 g/mol. The van der Waals surface area contributed by atoms with E-state index in [1.165, 1.54) is 35.2 Å². The summed E-state index contributed by atoms with van der Waals surface area (Å²) in [6.45, 7) is 6.64. The van der Waals surface area contributed by atoms with Crippen LogP contribution in [-0.4, -0.2) is 43.3 Å². The van der Waals surface area contributed by atoms with E-state index in [1.807, 2.05) is 51.1 Å². The fourth-order valence-corrected chi connectivity index (χ4v) is 5.63. The second-order valence-electron chi connectivity index (χ2n) is 9.84. The van der Waals surface area contributed by atoms with Crippen molar-refractivity contribution in [3.8, 4) is 0 Å². The van der Waals surface area contributed by atoms with Crippen LogP contribution in [0.1, 0.15) is 33.3 Å². The molecule has 3 aromatic rings. The third-order valence-electron chi connectivity index (χ3n) is 5.65. The lowest BCUT2D eigenvalue weighted by atomic mass is 10.1. The highest BCUT2D eigenvalue weighted by atomic mass is 35.5. The monoisotopic (exact) mass is 575 g/mol. The zero-order chi connectivity index (χ0) is 28.1. The summed E-state index contributed by atoms with van der Waals surface area (Å²) in [6.07, 6.45) is 0. The number of carbonyl (C=O) groups excluding carboxylic acids is 2. The van der Waals surface area contributed by atoms with Crippen molar-refractivity contribution in [2.45, 2.75) is 50.7 Å². The van der Waals surface area contributed by atoms with E-state index in [0.717, 1.165) is 9.87 Å². The highest BCUT2D eigenvalue weighted by Crippen LogP contribution is 2.33. The van der Waals surface area contributed by atoms with E-state index in [1.54, 1.807) is 25.1 Å². The van der Waals surface area contributed by atoms with Gasteiger partial charge in [-0.05, 0) is 63.6 Å². The third kappa shape index (κ3) is 7.49. The molecule has 0 radical (unpaired) electrons. The van der Waals surface area contributed by atoms with Gasteiger partial charge in [-0.3, -0.25) is 13.9 Å². The molecule has 0 spiro atoms. The largest absolute Gasteiger partial charge is 0.350 e. The standard InChI is InChI=1S/C28H31Cl2N3O4S/c1-20(27(35)31-28(2,3)4)32(18-21-11-7-5-8-12-21)26(34)19-33(25-17-22(29)15-16-24(25)30)38(36,37)23-13-9-6-10-14-23/h5-17,20H,18-19H2,1-4H3,(H,31,35)/t20-/m1/s1. The molecule has 0 aliphatic heterocycles. The average Bonchev–Trinajstić information content (AvgIpc) is 2.87. The van der Waals surface area contributed by atoms with Crippen LogP contribution >= 0.6 is 23.2 Å². The van der Waals surface area contributed by atoms with Crippen molar-refractivity contribution in [1.82, 2.24) is 10.2 Å². The van der Waals surface area contributed by atoms with E-state index < -0.39 is 34.1 Å². The van der Waals surface area contributed by atoms with E-state index >= 15 is 0 Å². The maximum absolute atomic E-state index is 13.9. The Kier molecular flexibility index (Phi) is 9.46. The second-order valence-corrected chi connectivity index (χ2v) is 12.5. The Morgan fingerprint density at radius 2 is 1.50 bits per heavy atom. The highest BCUT2D eigenvalue weighted by molar-refractivity contribution is 7.92. The van der Waals surface area contributed by atoms with Gasteiger partial charge >= 0.3 is 0 Å². The maximum Gasteiger partial charge on any atom is 0.264 e. The first-order valence-corrected chi connectivity index (χ1v) is 14.2. The lowest BCUT2D eigenvalue weighted by molar-refractivity contribution is -0.140. The van der Waals surface area contributed by atoms with Crippen LogP contribution in [0, 0.1) is 0 Å². The van der Waals surface area contributed by atoms with Gasteiger partial charge in [0.1, 0.15) is 12.6 Å². The molecule has 7 nitrogen and oxygen atoms in total. The maximum atomic E-state index is 13.9. The number of rotatable bonds is 9. The minimum atomic E-state index is -4.23. The first kappa shape index (κ1) is 29.5. The van der Waals surface area contributed by atoms with Gasteiger partial charge in [0, 0.05) is 17.1 Å². The van der Waals surface area contributed by atoms with E-state index in [4.69, 9.17) is 23.2 Å². The summed E-state index contributed by atoms with van der Waals surface area (Å²) >= 11 is 12.6. The van der Waals surface area contributed by atoms with Crippen LogP contribution in [-0.2, 0) is 26.2 Å². The molecule has 0 unspecified atom stereocenters. The molecule has 0 saturated carbocycles. The molecule has 0 bridgehead atoms. The van der Waals surface area contributed by atoms with Gasteiger partial charge < -0.3 is 10.2 Å². The van der Waals surface area contributed by atoms with E-state index in [9.17, 15) is 18.0 Å². The van der Waals surface area contributed by atoms with Crippen LogP contribution in [0.2, 0.25) is 10.0 Å². The van der Waals surface area contributed by atoms with E-state index in [0.29, 0.717) is 0 Å². The van der Waals surface area contributed by atoms with Gasteiger partial charge in [0.05, 0.1) is 15.6 Å². The van der Waals surface area contributed by atoms with E-state index in [2.05, 4.69) is 5.32 Å². The van der Waals surface area contributed by atoms with Crippen molar-refractivity contribution in [3.63, 3.8) is 0 Å². The van der Waals surface area contributed by atoms with Gasteiger partial charge in [-0.15, -0.1) is 0 Å². The van der Waals surface area contributed by atoms with Crippen LogP contribution in [0.5, 0.6) is 0 Å². The van der Waals surface area contributed by atoms with Gasteiger partial charge in [-0.1, -0.05) is 71.7 Å². The number of nitrogens with one attached hydrogen (secondary N) is 1. The molecule has 0 saturated heterocycles. The van der Waals surface area contributed by atoms with Crippen molar-refractivity contribution in [1.29, 1.82) is 0 Å². The second kappa shape index (κ2) is 12.2. The molecule has 0 heterocycles. The number of carbonyl (C=O) groups is 2. The molecule has 10 heteroatoms. The van der Waals surface area contributed by atoms with Crippen LogP contribution in [0.15, 0.2) is 83.8 Å². The Balaban J connectivity index is 2.06. The number of nitrogens with zero attached hydrogens (tertiary/aromatic N) is 2. The number of halogens is 2. The van der Waals surface area contributed by atoms with Gasteiger partial charge in [-0.25, -0.2) is 8.42 Å². The first-order chi connectivity index (χ1) is 17.8. The fourth-order valence-electron chi connectivity index (χ4n) is 3.75. The van der Waals surface area contributed by atoms with Crippen LogP contribution in [0.3, 0.4) is 0 Å². The predicted octanol–water partition coefficient (Wildman–Crippen LogP) is 5.52. The summed E-state index contributed by atoms with van der Waals surface area (Å²) in [4.78, 5) is 28.3. The fraction of sp³-hybridized carbons (Fsp3) is 0.286. The number of amides is 2. The van der Waals surface area contributed by atoms with Gasteiger partial charge in [0.2, 0.25) is 11.8 Å². The normalized spacial score (nSPS) is 12.5. The molecule has 0 aliphatic rings. The molecular formula is C28H31Cl2N3O4S. The van der Waals surface area contributed by atoms with Crippen molar-refractivity contribution in [3.05, 3.63) is 94.5 Å². The summed E-state index contributed by atoms with van der Waals surface area (Å²) in [6, 6.07) is 20.4. The minimum Gasteiger partial charge on any atom is -0.350 e. The molecule has 38 heavy (non-hydrogen) atoms. The van der Waals surface area contributed by atoms with E-state index in [-0.39, 0.29) is 33.1 Å². The smallest absolute Gasteiger partial charge is 0.264 e. The summed E-state index contributed by atoms with van der Waals surface area (Å²) in [5, 5.41) is 3.25. The summed E-state index contributed by atoms with van der Waals surface area (Å²) in [5.74, 6) is -0.944. The third-order valence-corrected chi connectivity index (χ3v) is 7.98. The van der Waals surface area contributed by atoms with Crippen molar-refractivity contribution < 1.29 is 18.0 Å². The Morgan fingerprint density at radius 1 is 0.921 bits per heavy atom. The predicted molar refractivity (Wildman–Crippen MR) is 152 cm³/mol. The van der Waals surface area contributed by atoms with Crippen LogP contribution in [0.25, 0.3) is 0 Å². The van der Waals surface area contributed by atoms with Gasteiger partial charge in [0.25, 0.3) is 10.0 Å². The Hall–Kier alpha value is -3.07. The van der Waals surface area contributed by atoms with Gasteiger partial charge in [0.15, 0.2) is 0 Å². The summed E-state index contributed by atoms with van der Waals surface area (Å²) in [7, 11) is -4.23. The van der Waals surface area contributed by atoms with Crippen LogP contribution in [0.4, 0.5) is 5.69 Å². The number of sulfonamides is 1. The zero-order valence-corrected chi connectivity index (χ0v) is 24.0. The molecule has 2 amide bonds. The Bertz CT molecular complexity index is 1380. The summed E-state index contributed by atoms with van der Waals surface area (Å²) < 4.78 is 28.5. The molecule has 202 valence electrons. The molecule has 0 aromatic heterocycles. The highest BCUT2D eigenvalue weighted by Gasteiger charge is 2.34. The number of hydrogen-bond acceptors (Lipinski definition) is 4. The lowest BCUT2D eigenvalue weighted by Crippen LogP contribution is -2.54. The molecule has 3 rings (SSSR count). The Morgan fingerprint density at radius 3 is 2.08 bits per heavy atom. The Labute approximate surface area is 234 Å². The minimum absolute atomic E-state index is 0.0167. The molecule has 0 aliphatic carbocycles.